The smallest absolute Gasteiger partial charge is 0.337 e. The normalized spacial score (nSPS) is 25.6. The zero-order valence-electron chi connectivity index (χ0n) is 12.9. The predicted molar refractivity (Wildman–Crippen MR) is 83.8 cm³/mol. The highest BCUT2D eigenvalue weighted by Crippen LogP contribution is 2.34. The van der Waals surface area contributed by atoms with Crippen molar-refractivity contribution in [2.24, 2.45) is 5.92 Å². The Kier molecular flexibility index (Phi) is 4.88. The van der Waals surface area contributed by atoms with Crippen LogP contribution in [0.15, 0.2) is 18.2 Å². The summed E-state index contributed by atoms with van der Waals surface area (Å²) < 4.78 is 0. The maximum Gasteiger partial charge on any atom is 0.337 e. The second-order valence-corrected chi connectivity index (χ2v) is 6.28. The van der Waals surface area contributed by atoms with Crippen molar-refractivity contribution in [1.29, 1.82) is 0 Å². The highest BCUT2D eigenvalue weighted by molar-refractivity contribution is 5.94. The summed E-state index contributed by atoms with van der Waals surface area (Å²) in [4.78, 5) is 11.2. The number of rotatable bonds is 5. The lowest BCUT2D eigenvalue weighted by Gasteiger charge is -2.36. The quantitative estimate of drug-likeness (QED) is 0.777. The van der Waals surface area contributed by atoms with Crippen molar-refractivity contribution in [3.63, 3.8) is 0 Å². The SMILES string of the molecule is CCC1CCC(O)(CNc2cc(C)ccc2C(=O)O)CC1. The molecule has 3 N–H and O–H groups in total. The summed E-state index contributed by atoms with van der Waals surface area (Å²) in [6, 6.07) is 5.22. The molecule has 0 heterocycles. The van der Waals surface area contributed by atoms with Crippen LogP contribution in [0, 0.1) is 12.8 Å². The molecule has 0 atom stereocenters. The summed E-state index contributed by atoms with van der Waals surface area (Å²) in [6.45, 7) is 4.53. The molecule has 0 aliphatic heterocycles. The molecule has 1 aromatic rings. The van der Waals surface area contributed by atoms with Crippen molar-refractivity contribution in [2.75, 3.05) is 11.9 Å². The Bertz CT molecular complexity index is 505. The standard InChI is InChI=1S/C17H25NO3/c1-3-13-6-8-17(21,9-7-13)11-18-15-10-12(2)4-5-14(15)16(19)20/h4-5,10,13,18,21H,3,6-9,11H2,1-2H3,(H,19,20). The molecule has 0 aromatic heterocycles. The number of benzene rings is 1. The Balaban J connectivity index is 2.03. The third-order valence-electron chi connectivity index (χ3n) is 4.63. The molecular weight excluding hydrogens is 266 g/mol. The fourth-order valence-corrected chi connectivity index (χ4v) is 3.05. The first-order chi connectivity index (χ1) is 9.93. The largest absolute Gasteiger partial charge is 0.478 e. The molecular formula is C17H25NO3. The number of nitrogens with one attached hydrogen (secondary N) is 1. The molecule has 0 unspecified atom stereocenters. The molecule has 1 saturated carbocycles. The second-order valence-electron chi connectivity index (χ2n) is 6.28. The predicted octanol–water partition coefficient (Wildman–Crippen LogP) is 3.44. The van der Waals surface area contributed by atoms with Crippen LogP contribution >= 0.6 is 0 Å². The minimum absolute atomic E-state index is 0.256. The lowest BCUT2D eigenvalue weighted by atomic mass is 9.78. The lowest BCUT2D eigenvalue weighted by molar-refractivity contribution is 0.00225. The number of carboxylic acid groups (broad SMARTS) is 1. The molecule has 1 fully saturated rings. The van der Waals surface area contributed by atoms with Gasteiger partial charge in [0.15, 0.2) is 0 Å². The van der Waals surface area contributed by atoms with Crippen LogP contribution in [-0.2, 0) is 0 Å². The molecule has 4 heteroatoms. The zero-order chi connectivity index (χ0) is 15.5. The van der Waals surface area contributed by atoms with E-state index in [4.69, 9.17) is 0 Å². The maximum absolute atomic E-state index is 11.2. The van der Waals surface area contributed by atoms with Crippen LogP contribution in [0.25, 0.3) is 0 Å². The van der Waals surface area contributed by atoms with Gasteiger partial charge < -0.3 is 15.5 Å². The van der Waals surface area contributed by atoms with Crippen LogP contribution in [0.2, 0.25) is 0 Å². The summed E-state index contributed by atoms with van der Waals surface area (Å²) in [5.74, 6) is -0.224. The van der Waals surface area contributed by atoms with Gasteiger partial charge >= 0.3 is 5.97 Å². The van der Waals surface area contributed by atoms with Crippen molar-refractivity contribution in [3.05, 3.63) is 29.3 Å². The summed E-state index contributed by atoms with van der Waals surface area (Å²) in [7, 11) is 0. The number of aromatic carboxylic acids is 1. The van der Waals surface area contributed by atoms with Gasteiger partial charge in [-0.05, 0) is 56.2 Å². The third-order valence-corrected chi connectivity index (χ3v) is 4.63. The number of hydrogen-bond donors (Lipinski definition) is 3. The van der Waals surface area contributed by atoms with Gasteiger partial charge in [0.2, 0.25) is 0 Å². The molecule has 4 nitrogen and oxygen atoms in total. The molecule has 2 rings (SSSR count). The third kappa shape index (κ3) is 3.97. The number of carboxylic acids is 1. The van der Waals surface area contributed by atoms with E-state index in [0.29, 0.717) is 12.2 Å². The molecule has 1 aliphatic rings. The number of carbonyl (C=O) groups is 1. The van der Waals surface area contributed by atoms with Gasteiger partial charge in [-0.3, -0.25) is 0 Å². The molecule has 21 heavy (non-hydrogen) atoms. The second kappa shape index (κ2) is 6.48. The van der Waals surface area contributed by atoms with Gasteiger partial charge in [-0.2, -0.15) is 0 Å². The number of anilines is 1. The van der Waals surface area contributed by atoms with E-state index in [2.05, 4.69) is 12.2 Å². The monoisotopic (exact) mass is 291 g/mol. The highest BCUT2D eigenvalue weighted by Gasteiger charge is 2.32. The number of aryl methyl sites for hydroxylation is 1. The van der Waals surface area contributed by atoms with E-state index in [1.807, 2.05) is 13.0 Å². The summed E-state index contributed by atoms with van der Waals surface area (Å²) in [6.07, 6.45) is 4.84. The highest BCUT2D eigenvalue weighted by atomic mass is 16.4. The topological polar surface area (TPSA) is 69.6 Å². The fraction of sp³-hybridized carbons (Fsp3) is 0.588. The fourth-order valence-electron chi connectivity index (χ4n) is 3.05. The molecule has 1 aromatic carbocycles. The van der Waals surface area contributed by atoms with E-state index in [0.717, 1.165) is 37.2 Å². The van der Waals surface area contributed by atoms with Gasteiger partial charge in [0, 0.05) is 12.2 Å². The van der Waals surface area contributed by atoms with E-state index < -0.39 is 11.6 Å². The Hall–Kier alpha value is -1.55. The van der Waals surface area contributed by atoms with E-state index in [1.165, 1.54) is 6.42 Å². The lowest BCUT2D eigenvalue weighted by Crippen LogP contribution is -2.40. The van der Waals surface area contributed by atoms with Crippen LogP contribution < -0.4 is 5.32 Å². The summed E-state index contributed by atoms with van der Waals surface area (Å²) in [5, 5.41) is 23.0. The minimum Gasteiger partial charge on any atom is -0.478 e. The van der Waals surface area contributed by atoms with Gasteiger partial charge in [0.25, 0.3) is 0 Å². The average Bonchev–Trinajstić information content (AvgIpc) is 2.46. The van der Waals surface area contributed by atoms with Gasteiger partial charge in [0.1, 0.15) is 0 Å². The van der Waals surface area contributed by atoms with Gasteiger partial charge in [-0.15, -0.1) is 0 Å². The Morgan fingerprint density at radius 1 is 1.38 bits per heavy atom. The van der Waals surface area contributed by atoms with Crippen molar-refractivity contribution in [2.45, 2.75) is 51.6 Å². The first-order valence-corrected chi connectivity index (χ1v) is 7.74. The number of aliphatic hydroxyl groups is 1. The first-order valence-electron chi connectivity index (χ1n) is 7.74. The van der Waals surface area contributed by atoms with Gasteiger partial charge in [-0.1, -0.05) is 19.4 Å². The van der Waals surface area contributed by atoms with E-state index in [-0.39, 0.29) is 5.56 Å². The van der Waals surface area contributed by atoms with Gasteiger partial charge in [0.05, 0.1) is 11.2 Å². The number of hydrogen-bond acceptors (Lipinski definition) is 3. The molecule has 1 aliphatic carbocycles. The first kappa shape index (κ1) is 15.8. The van der Waals surface area contributed by atoms with Crippen molar-refractivity contribution in [3.8, 4) is 0 Å². The van der Waals surface area contributed by atoms with Crippen LogP contribution in [0.5, 0.6) is 0 Å². The summed E-state index contributed by atoms with van der Waals surface area (Å²) >= 11 is 0. The van der Waals surface area contributed by atoms with Crippen LogP contribution in [-0.4, -0.2) is 28.3 Å². The molecule has 0 radical (unpaired) electrons. The van der Waals surface area contributed by atoms with Gasteiger partial charge in [-0.25, -0.2) is 4.79 Å². The van der Waals surface area contributed by atoms with E-state index >= 15 is 0 Å². The maximum atomic E-state index is 11.2. The molecule has 116 valence electrons. The van der Waals surface area contributed by atoms with Crippen LogP contribution in [0.4, 0.5) is 5.69 Å². The van der Waals surface area contributed by atoms with Crippen LogP contribution in [0.1, 0.15) is 54.9 Å². The molecule has 0 bridgehead atoms. The molecule has 0 saturated heterocycles. The van der Waals surface area contributed by atoms with Crippen molar-refractivity contribution in [1.82, 2.24) is 0 Å². The van der Waals surface area contributed by atoms with E-state index in [9.17, 15) is 15.0 Å². The minimum atomic E-state index is -0.945. The van der Waals surface area contributed by atoms with Crippen LogP contribution in [0.3, 0.4) is 0 Å². The van der Waals surface area contributed by atoms with Crippen molar-refractivity contribution >= 4 is 11.7 Å². The van der Waals surface area contributed by atoms with Crippen molar-refractivity contribution < 1.29 is 15.0 Å². The Labute approximate surface area is 126 Å². The zero-order valence-corrected chi connectivity index (χ0v) is 12.9. The Morgan fingerprint density at radius 3 is 2.62 bits per heavy atom. The summed E-state index contributed by atoms with van der Waals surface area (Å²) in [5.41, 5.74) is 1.13. The van der Waals surface area contributed by atoms with E-state index in [1.54, 1.807) is 12.1 Å². The average molecular weight is 291 g/mol. The molecule has 0 amide bonds. The Morgan fingerprint density at radius 2 is 2.05 bits per heavy atom. The molecule has 0 spiro atoms.